The molecule has 0 fully saturated rings. The number of hydrogen-bond donors (Lipinski definition) is 3. The first-order valence-electron chi connectivity index (χ1n) is 3.53. The molecule has 1 aromatic rings. The summed E-state index contributed by atoms with van der Waals surface area (Å²) in [6.45, 7) is 1.61. The van der Waals surface area contributed by atoms with Crippen molar-refractivity contribution in [3.8, 4) is 5.75 Å². The van der Waals surface area contributed by atoms with Crippen LogP contribution in [0.3, 0.4) is 0 Å². The summed E-state index contributed by atoms with van der Waals surface area (Å²) in [5, 5.41) is 17.4. The molecule has 0 spiro atoms. The van der Waals surface area contributed by atoms with Crippen molar-refractivity contribution >= 4 is 0 Å². The van der Waals surface area contributed by atoms with E-state index in [-0.39, 0.29) is 5.75 Å². The number of nitrogens with one attached hydrogen (secondary N) is 1. The molecule has 1 atom stereocenters. The minimum absolute atomic E-state index is 0.124. The summed E-state index contributed by atoms with van der Waals surface area (Å²) in [6.07, 6.45) is 0. The van der Waals surface area contributed by atoms with Crippen LogP contribution >= 0.6 is 0 Å². The second kappa shape index (κ2) is 3.51. The Morgan fingerprint density at radius 1 is 1.50 bits per heavy atom. The molecular formula is C8H10FNO2. The minimum Gasteiger partial charge on any atom is -0.508 e. The topological polar surface area (TPSA) is 52.5 Å². The second-order valence-corrected chi connectivity index (χ2v) is 2.56. The predicted octanol–water partition coefficient (Wildman–Crippen LogP) is 1.57. The average molecular weight is 171 g/mol. The van der Waals surface area contributed by atoms with Crippen molar-refractivity contribution in [3.05, 3.63) is 29.6 Å². The Labute approximate surface area is 69.4 Å². The van der Waals surface area contributed by atoms with E-state index in [2.05, 4.69) is 0 Å². The quantitative estimate of drug-likeness (QED) is 0.592. The van der Waals surface area contributed by atoms with Crippen molar-refractivity contribution in [3.63, 3.8) is 0 Å². The molecule has 1 unspecified atom stereocenters. The lowest BCUT2D eigenvalue weighted by Gasteiger charge is -2.09. The molecule has 4 heteroatoms. The third-order valence-corrected chi connectivity index (χ3v) is 1.64. The number of phenolic OH excluding ortho intramolecular Hbond substituents is 1. The third kappa shape index (κ3) is 1.72. The van der Waals surface area contributed by atoms with E-state index in [1.54, 1.807) is 6.92 Å². The lowest BCUT2D eigenvalue weighted by Crippen LogP contribution is -2.14. The van der Waals surface area contributed by atoms with Gasteiger partial charge in [-0.3, -0.25) is 0 Å². The molecular weight excluding hydrogens is 161 g/mol. The number of benzene rings is 1. The number of hydroxylamine groups is 1. The molecule has 0 saturated heterocycles. The summed E-state index contributed by atoms with van der Waals surface area (Å²) in [5.74, 6) is -0.662. The maximum atomic E-state index is 13.0. The number of aromatic hydroxyl groups is 1. The van der Waals surface area contributed by atoms with E-state index in [1.165, 1.54) is 12.1 Å². The van der Waals surface area contributed by atoms with Crippen LogP contribution in [-0.2, 0) is 0 Å². The van der Waals surface area contributed by atoms with Gasteiger partial charge in [-0.2, -0.15) is 5.48 Å². The van der Waals surface area contributed by atoms with Gasteiger partial charge < -0.3 is 10.3 Å². The maximum absolute atomic E-state index is 13.0. The molecule has 66 valence electrons. The van der Waals surface area contributed by atoms with Crippen LogP contribution in [0.5, 0.6) is 5.75 Å². The molecule has 3 N–H and O–H groups in total. The summed E-state index contributed by atoms with van der Waals surface area (Å²) in [7, 11) is 0. The highest BCUT2D eigenvalue weighted by molar-refractivity contribution is 5.29. The first kappa shape index (κ1) is 8.96. The van der Waals surface area contributed by atoms with Gasteiger partial charge in [0, 0.05) is 11.6 Å². The summed E-state index contributed by atoms with van der Waals surface area (Å²) in [5.41, 5.74) is 2.23. The standard InChI is InChI=1S/C8H10FNO2/c1-5(10-12)7-3-2-6(11)4-8(7)9/h2-5,10-12H,1H3. The van der Waals surface area contributed by atoms with Crippen LogP contribution in [-0.4, -0.2) is 10.3 Å². The van der Waals surface area contributed by atoms with Crippen molar-refractivity contribution < 1.29 is 14.7 Å². The summed E-state index contributed by atoms with van der Waals surface area (Å²) in [4.78, 5) is 0. The molecule has 0 radical (unpaired) electrons. The molecule has 0 bridgehead atoms. The van der Waals surface area contributed by atoms with Gasteiger partial charge in [0.05, 0.1) is 6.04 Å². The highest BCUT2D eigenvalue weighted by atomic mass is 19.1. The Hall–Kier alpha value is -1.13. The first-order chi connectivity index (χ1) is 5.65. The Morgan fingerprint density at radius 2 is 2.17 bits per heavy atom. The molecule has 0 saturated carbocycles. The smallest absolute Gasteiger partial charge is 0.131 e. The van der Waals surface area contributed by atoms with Crippen LogP contribution < -0.4 is 5.48 Å². The summed E-state index contributed by atoms with van der Waals surface area (Å²) in [6, 6.07) is 3.30. The van der Waals surface area contributed by atoms with Crippen molar-refractivity contribution in [1.82, 2.24) is 5.48 Å². The van der Waals surface area contributed by atoms with E-state index in [0.717, 1.165) is 6.07 Å². The van der Waals surface area contributed by atoms with Crippen LogP contribution in [0.4, 0.5) is 4.39 Å². The zero-order chi connectivity index (χ0) is 9.14. The number of phenols is 1. The van der Waals surface area contributed by atoms with Gasteiger partial charge in [-0.25, -0.2) is 4.39 Å². The highest BCUT2D eigenvalue weighted by Gasteiger charge is 2.09. The zero-order valence-corrected chi connectivity index (χ0v) is 6.58. The van der Waals surface area contributed by atoms with Crippen LogP contribution in [0, 0.1) is 5.82 Å². The monoisotopic (exact) mass is 171 g/mol. The van der Waals surface area contributed by atoms with Crippen molar-refractivity contribution in [2.24, 2.45) is 0 Å². The molecule has 1 aromatic carbocycles. The van der Waals surface area contributed by atoms with Gasteiger partial charge in [-0.05, 0) is 13.0 Å². The van der Waals surface area contributed by atoms with Crippen LogP contribution in [0.1, 0.15) is 18.5 Å². The van der Waals surface area contributed by atoms with Crippen molar-refractivity contribution in [1.29, 1.82) is 0 Å². The molecule has 0 aliphatic rings. The molecule has 0 heterocycles. The number of hydrogen-bond acceptors (Lipinski definition) is 3. The molecule has 0 aliphatic carbocycles. The maximum Gasteiger partial charge on any atom is 0.131 e. The van der Waals surface area contributed by atoms with Gasteiger partial charge in [-0.15, -0.1) is 0 Å². The van der Waals surface area contributed by atoms with E-state index >= 15 is 0 Å². The first-order valence-corrected chi connectivity index (χ1v) is 3.53. The van der Waals surface area contributed by atoms with Gasteiger partial charge in [0.15, 0.2) is 0 Å². The molecule has 1 rings (SSSR count). The molecule has 0 aromatic heterocycles. The predicted molar refractivity (Wildman–Crippen MR) is 41.4 cm³/mol. The zero-order valence-electron chi connectivity index (χ0n) is 6.58. The molecule has 0 aliphatic heterocycles. The Balaban J connectivity index is 3.01. The van der Waals surface area contributed by atoms with Gasteiger partial charge in [0.25, 0.3) is 0 Å². The Morgan fingerprint density at radius 3 is 2.67 bits per heavy atom. The Bertz CT molecular complexity index is 278. The molecule has 12 heavy (non-hydrogen) atoms. The van der Waals surface area contributed by atoms with E-state index in [0.29, 0.717) is 5.56 Å². The number of halogens is 1. The highest BCUT2D eigenvalue weighted by Crippen LogP contribution is 2.20. The number of rotatable bonds is 2. The molecule has 0 amide bonds. The summed E-state index contributed by atoms with van der Waals surface area (Å²) >= 11 is 0. The molecule has 3 nitrogen and oxygen atoms in total. The van der Waals surface area contributed by atoms with E-state index < -0.39 is 11.9 Å². The van der Waals surface area contributed by atoms with Gasteiger partial charge in [0.1, 0.15) is 11.6 Å². The largest absolute Gasteiger partial charge is 0.508 e. The van der Waals surface area contributed by atoms with E-state index in [4.69, 9.17) is 10.3 Å². The fourth-order valence-electron chi connectivity index (χ4n) is 0.937. The second-order valence-electron chi connectivity index (χ2n) is 2.56. The van der Waals surface area contributed by atoms with Crippen molar-refractivity contribution in [2.75, 3.05) is 0 Å². The van der Waals surface area contributed by atoms with Crippen LogP contribution in [0.15, 0.2) is 18.2 Å². The summed E-state index contributed by atoms with van der Waals surface area (Å²) < 4.78 is 13.0. The SMILES string of the molecule is CC(NO)c1ccc(O)cc1F. The Kier molecular flexibility index (Phi) is 2.62. The van der Waals surface area contributed by atoms with Crippen LogP contribution in [0.25, 0.3) is 0 Å². The van der Waals surface area contributed by atoms with Gasteiger partial charge in [-0.1, -0.05) is 6.07 Å². The fraction of sp³-hybridized carbons (Fsp3) is 0.250. The average Bonchev–Trinajstić information content (AvgIpc) is 2.03. The van der Waals surface area contributed by atoms with E-state index in [9.17, 15) is 4.39 Å². The van der Waals surface area contributed by atoms with E-state index in [1.807, 2.05) is 5.48 Å². The van der Waals surface area contributed by atoms with Gasteiger partial charge in [0.2, 0.25) is 0 Å². The van der Waals surface area contributed by atoms with Crippen molar-refractivity contribution in [2.45, 2.75) is 13.0 Å². The lowest BCUT2D eigenvalue weighted by atomic mass is 10.1. The fourth-order valence-corrected chi connectivity index (χ4v) is 0.937. The normalized spacial score (nSPS) is 12.9. The van der Waals surface area contributed by atoms with Gasteiger partial charge >= 0.3 is 0 Å². The van der Waals surface area contributed by atoms with Crippen LogP contribution in [0.2, 0.25) is 0 Å². The lowest BCUT2D eigenvalue weighted by molar-refractivity contribution is 0.131. The third-order valence-electron chi connectivity index (χ3n) is 1.64. The minimum atomic E-state index is -0.538.